The summed E-state index contributed by atoms with van der Waals surface area (Å²) < 4.78 is 2.13. The summed E-state index contributed by atoms with van der Waals surface area (Å²) in [5.74, 6) is 0. The second-order valence-corrected chi connectivity index (χ2v) is 5.17. The van der Waals surface area contributed by atoms with Crippen molar-refractivity contribution in [3.05, 3.63) is 54.1 Å². The lowest BCUT2D eigenvalue weighted by atomic mass is 9.93. The van der Waals surface area contributed by atoms with E-state index in [4.69, 9.17) is 0 Å². The number of hydrogen-bond donors (Lipinski definition) is 0. The lowest BCUT2D eigenvalue weighted by molar-refractivity contribution is 0.571. The monoisotopic (exact) mass is 214 g/mol. The van der Waals surface area contributed by atoms with E-state index in [0.29, 0.717) is 0 Å². The molecule has 2 aromatic rings. The molecule has 2 nitrogen and oxygen atoms in total. The van der Waals surface area contributed by atoms with Gasteiger partial charge < -0.3 is 4.57 Å². The molecule has 84 valence electrons. The Morgan fingerprint density at radius 2 is 1.81 bits per heavy atom. The van der Waals surface area contributed by atoms with Gasteiger partial charge in [-0.05, 0) is 5.56 Å². The van der Waals surface area contributed by atoms with E-state index >= 15 is 0 Å². The fourth-order valence-corrected chi connectivity index (χ4v) is 1.63. The molecule has 0 saturated carbocycles. The summed E-state index contributed by atoms with van der Waals surface area (Å²) in [5.41, 5.74) is 2.57. The molecule has 16 heavy (non-hydrogen) atoms. The van der Waals surface area contributed by atoms with E-state index in [9.17, 15) is 0 Å². The maximum absolute atomic E-state index is 4.45. The van der Waals surface area contributed by atoms with Gasteiger partial charge in [-0.15, -0.1) is 0 Å². The molecule has 1 heterocycles. The van der Waals surface area contributed by atoms with E-state index in [-0.39, 0.29) is 5.41 Å². The van der Waals surface area contributed by atoms with Crippen LogP contribution in [-0.4, -0.2) is 9.55 Å². The Morgan fingerprint density at radius 3 is 2.38 bits per heavy atom. The number of rotatable bonds is 2. The van der Waals surface area contributed by atoms with Crippen molar-refractivity contribution in [3.63, 3.8) is 0 Å². The van der Waals surface area contributed by atoms with E-state index in [1.54, 1.807) is 0 Å². The highest BCUT2D eigenvalue weighted by atomic mass is 15.0. The zero-order valence-corrected chi connectivity index (χ0v) is 10.1. The molecule has 0 amide bonds. The first-order valence-corrected chi connectivity index (χ1v) is 5.62. The molecular weight excluding hydrogens is 196 g/mol. The van der Waals surface area contributed by atoms with E-state index in [2.05, 4.69) is 60.8 Å². The van der Waals surface area contributed by atoms with E-state index in [0.717, 1.165) is 12.2 Å². The third kappa shape index (κ3) is 2.51. The summed E-state index contributed by atoms with van der Waals surface area (Å²) in [6, 6.07) is 10.4. The third-order valence-electron chi connectivity index (χ3n) is 2.61. The van der Waals surface area contributed by atoms with Crippen LogP contribution in [0.5, 0.6) is 0 Å². The summed E-state index contributed by atoms with van der Waals surface area (Å²) >= 11 is 0. The predicted molar refractivity (Wildman–Crippen MR) is 66.5 cm³/mol. The molecule has 1 aromatic carbocycles. The summed E-state index contributed by atoms with van der Waals surface area (Å²) in [5, 5.41) is 0. The van der Waals surface area contributed by atoms with Crippen LogP contribution < -0.4 is 0 Å². The molecule has 0 saturated heterocycles. The standard InChI is InChI=1S/C14H18N2/c1-14(2,3)13-10-16(11-15-13)9-12-7-5-4-6-8-12/h4-8,10-11H,9H2,1-3H3. The van der Waals surface area contributed by atoms with Crippen molar-refractivity contribution in [2.45, 2.75) is 32.7 Å². The number of hydrogen-bond acceptors (Lipinski definition) is 1. The molecule has 0 fully saturated rings. The van der Waals surface area contributed by atoms with Crippen LogP contribution in [0.15, 0.2) is 42.9 Å². The first-order valence-electron chi connectivity index (χ1n) is 5.62. The largest absolute Gasteiger partial charge is 0.333 e. The number of benzene rings is 1. The normalized spacial score (nSPS) is 11.7. The van der Waals surface area contributed by atoms with Crippen LogP contribution in [-0.2, 0) is 12.0 Å². The van der Waals surface area contributed by atoms with Crippen LogP contribution in [0.3, 0.4) is 0 Å². The molecule has 0 aliphatic carbocycles. The Bertz CT molecular complexity index is 449. The second-order valence-electron chi connectivity index (χ2n) is 5.17. The molecule has 0 aliphatic rings. The minimum atomic E-state index is 0.127. The van der Waals surface area contributed by atoms with Crippen molar-refractivity contribution in [2.24, 2.45) is 0 Å². The summed E-state index contributed by atoms with van der Waals surface area (Å²) in [6.45, 7) is 7.44. The fraction of sp³-hybridized carbons (Fsp3) is 0.357. The van der Waals surface area contributed by atoms with Crippen molar-refractivity contribution in [1.29, 1.82) is 0 Å². The number of aromatic nitrogens is 2. The van der Waals surface area contributed by atoms with Gasteiger partial charge in [0.05, 0.1) is 12.0 Å². The van der Waals surface area contributed by atoms with Crippen molar-refractivity contribution < 1.29 is 0 Å². The van der Waals surface area contributed by atoms with Crippen LogP contribution in [0.4, 0.5) is 0 Å². The zero-order chi connectivity index (χ0) is 11.6. The molecule has 2 rings (SSSR count). The van der Waals surface area contributed by atoms with Crippen LogP contribution in [0, 0.1) is 0 Å². The quantitative estimate of drug-likeness (QED) is 0.750. The van der Waals surface area contributed by atoms with Crippen molar-refractivity contribution in [2.75, 3.05) is 0 Å². The lowest BCUT2D eigenvalue weighted by Gasteiger charge is -2.14. The van der Waals surface area contributed by atoms with E-state index in [1.807, 2.05) is 12.4 Å². The van der Waals surface area contributed by atoms with Crippen LogP contribution >= 0.6 is 0 Å². The van der Waals surface area contributed by atoms with Gasteiger partial charge in [-0.1, -0.05) is 51.1 Å². The van der Waals surface area contributed by atoms with Crippen molar-refractivity contribution in [3.8, 4) is 0 Å². The summed E-state index contributed by atoms with van der Waals surface area (Å²) in [4.78, 5) is 4.45. The molecule has 0 atom stereocenters. The van der Waals surface area contributed by atoms with E-state index < -0.39 is 0 Å². The molecule has 0 aliphatic heterocycles. The lowest BCUT2D eigenvalue weighted by Crippen LogP contribution is -2.11. The Morgan fingerprint density at radius 1 is 1.12 bits per heavy atom. The first-order chi connectivity index (χ1) is 7.55. The maximum atomic E-state index is 4.45. The molecule has 0 bridgehead atoms. The highest BCUT2D eigenvalue weighted by Crippen LogP contribution is 2.19. The van der Waals surface area contributed by atoms with Gasteiger partial charge in [-0.25, -0.2) is 4.98 Å². The maximum Gasteiger partial charge on any atom is 0.0952 e. The average molecular weight is 214 g/mol. The Hall–Kier alpha value is -1.57. The Kier molecular flexibility index (Phi) is 2.82. The van der Waals surface area contributed by atoms with Gasteiger partial charge in [0.1, 0.15) is 0 Å². The third-order valence-corrected chi connectivity index (χ3v) is 2.61. The predicted octanol–water partition coefficient (Wildman–Crippen LogP) is 3.23. The number of nitrogens with zero attached hydrogens (tertiary/aromatic N) is 2. The molecule has 0 N–H and O–H groups in total. The van der Waals surface area contributed by atoms with Gasteiger partial charge in [0.2, 0.25) is 0 Å². The van der Waals surface area contributed by atoms with Gasteiger partial charge in [-0.2, -0.15) is 0 Å². The van der Waals surface area contributed by atoms with Crippen molar-refractivity contribution >= 4 is 0 Å². The smallest absolute Gasteiger partial charge is 0.0952 e. The van der Waals surface area contributed by atoms with Gasteiger partial charge >= 0.3 is 0 Å². The Balaban J connectivity index is 2.15. The topological polar surface area (TPSA) is 17.8 Å². The minimum Gasteiger partial charge on any atom is -0.333 e. The van der Waals surface area contributed by atoms with Crippen LogP contribution in [0.1, 0.15) is 32.0 Å². The van der Waals surface area contributed by atoms with Crippen LogP contribution in [0.25, 0.3) is 0 Å². The first kappa shape index (κ1) is 10.9. The molecule has 0 spiro atoms. The van der Waals surface area contributed by atoms with Crippen LogP contribution in [0.2, 0.25) is 0 Å². The van der Waals surface area contributed by atoms with E-state index in [1.165, 1.54) is 5.56 Å². The highest BCUT2D eigenvalue weighted by Gasteiger charge is 2.16. The van der Waals surface area contributed by atoms with Gasteiger partial charge in [0.25, 0.3) is 0 Å². The average Bonchev–Trinajstić information content (AvgIpc) is 2.67. The van der Waals surface area contributed by atoms with Gasteiger partial charge in [-0.3, -0.25) is 0 Å². The highest BCUT2D eigenvalue weighted by molar-refractivity contribution is 5.16. The second kappa shape index (κ2) is 4.12. The summed E-state index contributed by atoms with van der Waals surface area (Å²) in [7, 11) is 0. The summed E-state index contributed by atoms with van der Waals surface area (Å²) in [6.07, 6.45) is 4.04. The fourth-order valence-electron chi connectivity index (χ4n) is 1.63. The SMILES string of the molecule is CC(C)(C)c1cn(Cc2ccccc2)cn1. The molecule has 0 radical (unpaired) electrons. The Labute approximate surface area is 97.0 Å². The molecule has 2 heteroatoms. The zero-order valence-electron chi connectivity index (χ0n) is 10.1. The molecular formula is C14H18N2. The van der Waals surface area contributed by atoms with Gasteiger partial charge in [0, 0.05) is 18.2 Å². The van der Waals surface area contributed by atoms with Crippen molar-refractivity contribution in [1.82, 2.24) is 9.55 Å². The minimum absolute atomic E-state index is 0.127. The van der Waals surface area contributed by atoms with Gasteiger partial charge in [0.15, 0.2) is 0 Å². The number of imidazole rings is 1. The molecule has 0 unspecified atom stereocenters. The molecule has 1 aromatic heterocycles.